The highest BCUT2D eigenvalue weighted by atomic mass is 16.5. The fourth-order valence-electron chi connectivity index (χ4n) is 3.51. The lowest BCUT2D eigenvalue weighted by Crippen LogP contribution is -2.49. The van der Waals surface area contributed by atoms with Crippen molar-refractivity contribution >= 4 is 5.91 Å². The lowest BCUT2D eigenvalue weighted by molar-refractivity contribution is -0.131. The van der Waals surface area contributed by atoms with Crippen molar-refractivity contribution < 1.29 is 14.3 Å². The molecule has 0 aliphatic carbocycles. The molecule has 0 aromatic carbocycles. The zero-order valence-corrected chi connectivity index (χ0v) is 13.1. The number of ether oxygens (including phenoxy) is 2. The summed E-state index contributed by atoms with van der Waals surface area (Å²) in [7, 11) is 1.73. The Morgan fingerprint density at radius 2 is 2.24 bits per heavy atom. The van der Waals surface area contributed by atoms with Gasteiger partial charge in [0.15, 0.2) is 0 Å². The normalized spacial score (nSPS) is 30.3. The Morgan fingerprint density at radius 3 is 3.00 bits per heavy atom. The van der Waals surface area contributed by atoms with E-state index in [-0.39, 0.29) is 11.8 Å². The highest BCUT2D eigenvalue weighted by molar-refractivity contribution is 5.79. The second-order valence-corrected chi connectivity index (χ2v) is 6.01. The van der Waals surface area contributed by atoms with Crippen LogP contribution in [0.1, 0.15) is 12.8 Å². The number of methoxy groups -OCH3 is 1. The van der Waals surface area contributed by atoms with Crippen molar-refractivity contribution in [3.63, 3.8) is 0 Å². The molecule has 2 saturated heterocycles. The molecule has 21 heavy (non-hydrogen) atoms. The van der Waals surface area contributed by atoms with Gasteiger partial charge in [0, 0.05) is 32.0 Å². The van der Waals surface area contributed by atoms with E-state index in [1.54, 1.807) is 13.2 Å². The van der Waals surface area contributed by atoms with Crippen molar-refractivity contribution in [3.05, 3.63) is 12.7 Å². The van der Waals surface area contributed by atoms with Crippen LogP contribution >= 0.6 is 0 Å². The van der Waals surface area contributed by atoms with E-state index in [0.29, 0.717) is 25.0 Å². The summed E-state index contributed by atoms with van der Waals surface area (Å²) >= 11 is 0. The molecular weight excluding hydrogens is 268 g/mol. The van der Waals surface area contributed by atoms with E-state index in [2.05, 4.69) is 16.8 Å². The Kier molecular flexibility index (Phi) is 6.67. The van der Waals surface area contributed by atoms with Gasteiger partial charge in [-0.15, -0.1) is 6.58 Å². The van der Waals surface area contributed by atoms with Crippen LogP contribution in [0.3, 0.4) is 0 Å². The van der Waals surface area contributed by atoms with Gasteiger partial charge < -0.3 is 19.7 Å². The second kappa shape index (κ2) is 8.51. The maximum Gasteiger partial charge on any atom is 0.223 e. The highest BCUT2D eigenvalue weighted by Crippen LogP contribution is 2.33. The Balaban J connectivity index is 1.93. The summed E-state index contributed by atoms with van der Waals surface area (Å²) in [5, 5.41) is 3.06. The summed E-state index contributed by atoms with van der Waals surface area (Å²) < 4.78 is 10.8. The monoisotopic (exact) mass is 296 g/mol. The minimum Gasteiger partial charge on any atom is -0.383 e. The SMILES string of the molecule is C=CCOC[C@@H]1CNC(=O)[C@H]2CCN(CCOC)CC[C@@H]12. The molecule has 120 valence electrons. The number of likely N-dealkylation sites (tertiary alicyclic amines) is 1. The third kappa shape index (κ3) is 4.53. The van der Waals surface area contributed by atoms with Crippen molar-refractivity contribution in [3.8, 4) is 0 Å². The molecule has 3 atom stereocenters. The molecular formula is C16H28N2O3. The van der Waals surface area contributed by atoms with Crippen LogP contribution in [-0.2, 0) is 14.3 Å². The maximum absolute atomic E-state index is 12.2. The van der Waals surface area contributed by atoms with Crippen molar-refractivity contribution in [2.24, 2.45) is 17.8 Å². The summed E-state index contributed by atoms with van der Waals surface area (Å²) in [5.41, 5.74) is 0. The lowest BCUT2D eigenvalue weighted by Gasteiger charge is -2.36. The standard InChI is InChI=1S/C16H28N2O3/c1-3-9-21-12-13-11-17-16(19)15-5-7-18(8-10-20-2)6-4-14(13)15/h3,13-15H,1,4-12H2,2H3,(H,17,19)/t13-,14-,15-/m0/s1. The summed E-state index contributed by atoms with van der Waals surface area (Å²) in [5.74, 6) is 1.24. The lowest BCUT2D eigenvalue weighted by atomic mass is 9.75. The van der Waals surface area contributed by atoms with E-state index in [0.717, 1.165) is 45.6 Å². The van der Waals surface area contributed by atoms with Crippen molar-refractivity contribution in [2.75, 3.05) is 53.1 Å². The van der Waals surface area contributed by atoms with Gasteiger partial charge in [-0.1, -0.05) is 6.08 Å². The average Bonchev–Trinajstić information content (AvgIpc) is 2.71. The van der Waals surface area contributed by atoms with Crippen LogP contribution in [0.2, 0.25) is 0 Å². The zero-order valence-electron chi connectivity index (χ0n) is 13.1. The molecule has 0 bridgehead atoms. The molecule has 2 aliphatic heterocycles. The Bertz CT molecular complexity index is 348. The van der Waals surface area contributed by atoms with Crippen LogP contribution in [0.25, 0.3) is 0 Å². The number of rotatable bonds is 7. The quantitative estimate of drug-likeness (QED) is 0.560. The number of nitrogens with zero attached hydrogens (tertiary/aromatic N) is 1. The Morgan fingerprint density at radius 1 is 1.43 bits per heavy atom. The first kappa shape index (κ1) is 16.5. The summed E-state index contributed by atoms with van der Waals surface area (Å²) in [4.78, 5) is 14.6. The van der Waals surface area contributed by atoms with Gasteiger partial charge in [-0.3, -0.25) is 4.79 Å². The summed E-state index contributed by atoms with van der Waals surface area (Å²) in [6.07, 6.45) is 3.79. The van der Waals surface area contributed by atoms with Crippen LogP contribution in [0.5, 0.6) is 0 Å². The third-order valence-corrected chi connectivity index (χ3v) is 4.71. The topological polar surface area (TPSA) is 50.8 Å². The summed E-state index contributed by atoms with van der Waals surface area (Å²) in [6.45, 7) is 9.47. The molecule has 5 nitrogen and oxygen atoms in total. The van der Waals surface area contributed by atoms with Gasteiger partial charge in [-0.25, -0.2) is 0 Å². The minimum atomic E-state index is 0.142. The molecule has 0 aromatic rings. The number of hydrogen-bond acceptors (Lipinski definition) is 4. The molecule has 0 spiro atoms. The van der Waals surface area contributed by atoms with Gasteiger partial charge in [0.1, 0.15) is 0 Å². The Hall–Kier alpha value is -0.910. The molecule has 5 heteroatoms. The van der Waals surface area contributed by atoms with Crippen molar-refractivity contribution in [1.29, 1.82) is 0 Å². The number of piperidine rings is 1. The van der Waals surface area contributed by atoms with Gasteiger partial charge in [0.25, 0.3) is 0 Å². The van der Waals surface area contributed by atoms with E-state index in [1.165, 1.54) is 0 Å². The molecule has 2 aliphatic rings. The molecule has 1 amide bonds. The third-order valence-electron chi connectivity index (χ3n) is 4.71. The molecule has 1 N–H and O–H groups in total. The fourth-order valence-corrected chi connectivity index (χ4v) is 3.51. The second-order valence-electron chi connectivity index (χ2n) is 6.01. The molecule has 0 unspecified atom stereocenters. The van der Waals surface area contributed by atoms with Crippen LogP contribution in [-0.4, -0.2) is 63.9 Å². The largest absolute Gasteiger partial charge is 0.383 e. The number of carbonyl (C=O) groups is 1. The first-order chi connectivity index (χ1) is 10.3. The number of nitrogens with one attached hydrogen (secondary N) is 1. The van der Waals surface area contributed by atoms with E-state index in [4.69, 9.17) is 9.47 Å². The van der Waals surface area contributed by atoms with Crippen molar-refractivity contribution in [1.82, 2.24) is 10.2 Å². The van der Waals surface area contributed by atoms with Crippen molar-refractivity contribution in [2.45, 2.75) is 12.8 Å². The van der Waals surface area contributed by atoms with E-state index >= 15 is 0 Å². The fraction of sp³-hybridized carbons (Fsp3) is 0.812. The Labute approximate surface area is 127 Å². The molecule has 2 heterocycles. The molecule has 0 radical (unpaired) electrons. The maximum atomic E-state index is 12.2. The van der Waals surface area contributed by atoms with Crippen LogP contribution in [0, 0.1) is 17.8 Å². The average molecular weight is 296 g/mol. The van der Waals surface area contributed by atoms with Gasteiger partial charge >= 0.3 is 0 Å². The van der Waals surface area contributed by atoms with Gasteiger partial charge in [0.05, 0.1) is 19.8 Å². The summed E-state index contributed by atoms with van der Waals surface area (Å²) in [6, 6.07) is 0. The highest BCUT2D eigenvalue weighted by Gasteiger charge is 2.39. The van der Waals surface area contributed by atoms with E-state index in [9.17, 15) is 4.79 Å². The first-order valence-electron chi connectivity index (χ1n) is 7.94. The molecule has 0 aromatic heterocycles. The minimum absolute atomic E-state index is 0.142. The van der Waals surface area contributed by atoms with Crippen LogP contribution < -0.4 is 5.32 Å². The predicted octanol–water partition coefficient (Wildman–Crippen LogP) is 0.910. The number of hydrogen-bond donors (Lipinski definition) is 1. The number of fused-ring (bicyclic) bond motifs is 1. The van der Waals surface area contributed by atoms with Crippen LogP contribution in [0.4, 0.5) is 0 Å². The molecule has 0 saturated carbocycles. The number of amides is 1. The molecule has 2 rings (SSSR count). The van der Waals surface area contributed by atoms with E-state index in [1.807, 2.05) is 0 Å². The van der Waals surface area contributed by atoms with Gasteiger partial charge in [0.2, 0.25) is 5.91 Å². The first-order valence-corrected chi connectivity index (χ1v) is 7.94. The number of carbonyl (C=O) groups excluding carboxylic acids is 1. The predicted molar refractivity (Wildman–Crippen MR) is 82.0 cm³/mol. The molecule has 2 fully saturated rings. The van der Waals surface area contributed by atoms with E-state index < -0.39 is 0 Å². The van der Waals surface area contributed by atoms with Gasteiger partial charge in [-0.2, -0.15) is 0 Å². The smallest absolute Gasteiger partial charge is 0.223 e. The van der Waals surface area contributed by atoms with Crippen LogP contribution in [0.15, 0.2) is 12.7 Å². The zero-order chi connectivity index (χ0) is 15.1. The van der Waals surface area contributed by atoms with Gasteiger partial charge in [-0.05, 0) is 31.8 Å².